The second-order valence-corrected chi connectivity index (χ2v) is 9.85. The molecule has 0 saturated carbocycles. The maximum Gasteiger partial charge on any atom is 0.227 e. The molecule has 1 fully saturated rings. The zero-order chi connectivity index (χ0) is 24.7. The number of rotatable bonds is 6. The summed E-state index contributed by atoms with van der Waals surface area (Å²) >= 11 is 0. The molecule has 1 saturated heterocycles. The number of nitrogens with one attached hydrogen (secondary N) is 1. The van der Waals surface area contributed by atoms with Gasteiger partial charge in [-0.2, -0.15) is 0 Å². The van der Waals surface area contributed by atoms with Crippen LogP contribution in [-0.2, 0) is 23.2 Å². The van der Waals surface area contributed by atoms with Crippen LogP contribution in [-0.4, -0.2) is 69.1 Å². The lowest BCUT2D eigenvalue weighted by Crippen LogP contribution is -2.67. The van der Waals surface area contributed by atoms with Gasteiger partial charge in [0.1, 0.15) is 5.75 Å². The Labute approximate surface area is 209 Å². The molecule has 2 aliphatic heterocycles. The quantitative estimate of drug-likeness (QED) is 0.438. The molecule has 1 atom stereocenters. The molecule has 1 spiro atoms. The highest BCUT2D eigenvalue weighted by molar-refractivity contribution is 5.89. The monoisotopic (exact) mass is 483 g/mol. The Balaban J connectivity index is 1.36. The van der Waals surface area contributed by atoms with Crippen LogP contribution < -0.4 is 4.74 Å². The Morgan fingerprint density at radius 1 is 1.06 bits per heavy atom. The number of carbonyl (C=O) groups is 1. The number of benzene rings is 1. The van der Waals surface area contributed by atoms with Crippen LogP contribution >= 0.6 is 0 Å². The van der Waals surface area contributed by atoms with E-state index in [2.05, 4.69) is 25.9 Å². The Morgan fingerprint density at radius 2 is 1.75 bits per heavy atom. The summed E-state index contributed by atoms with van der Waals surface area (Å²) in [5.74, 6) is 0.909. The number of aromatic nitrogens is 3. The standard InChI is InChI=1S/C28H29N5O3/c1-36-21-2-3-22-23(13-21)31-27-24(15-34)32(14-20-6-10-30-11-7-20)16-28(26(22)27)17-33(18-28)25(35)12-19-4-8-29-9-5-19/h2-11,13,24,31,34H,12,14-18H2,1H3/t24-/m1/s1. The number of fused-ring (bicyclic) bond motifs is 4. The van der Waals surface area contributed by atoms with Crippen molar-refractivity contribution in [3.8, 4) is 5.75 Å². The average molecular weight is 484 g/mol. The summed E-state index contributed by atoms with van der Waals surface area (Å²) in [5, 5.41) is 11.6. The molecule has 6 rings (SSSR count). The third-order valence-electron chi connectivity index (χ3n) is 7.60. The van der Waals surface area contributed by atoms with Crippen molar-refractivity contribution in [2.24, 2.45) is 0 Å². The number of hydrogen-bond donors (Lipinski definition) is 2. The van der Waals surface area contributed by atoms with E-state index in [1.807, 2.05) is 41.3 Å². The molecule has 0 bridgehead atoms. The number of hydrogen-bond acceptors (Lipinski definition) is 6. The molecule has 0 unspecified atom stereocenters. The number of likely N-dealkylation sites (tertiary alicyclic amines) is 1. The van der Waals surface area contributed by atoms with Crippen LogP contribution in [0.2, 0.25) is 0 Å². The molecule has 36 heavy (non-hydrogen) atoms. The summed E-state index contributed by atoms with van der Waals surface area (Å²) in [6, 6.07) is 13.7. The van der Waals surface area contributed by atoms with Gasteiger partial charge in [-0.1, -0.05) is 0 Å². The van der Waals surface area contributed by atoms with Gasteiger partial charge in [0.05, 0.1) is 26.2 Å². The molecule has 3 aromatic heterocycles. The van der Waals surface area contributed by atoms with E-state index in [1.165, 1.54) is 5.56 Å². The van der Waals surface area contributed by atoms with E-state index < -0.39 is 0 Å². The molecule has 2 aliphatic rings. The summed E-state index contributed by atoms with van der Waals surface area (Å²) < 4.78 is 5.46. The van der Waals surface area contributed by atoms with Crippen molar-refractivity contribution in [3.63, 3.8) is 0 Å². The highest BCUT2D eigenvalue weighted by Crippen LogP contribution is 2.49. The first-order valence-corrected chi connectivity index (χ1v) is 12.2. The molecular formula is C28H29N5O3. The topological polar surface area (TPSA) is 94.6 Å². The van der Waals surface area contributed by atoms with Crippen LogP contribution in [0.25, 0.3) is 10.9 Å². The predicted molar refractivity (Wildman–Crippen MR) is 136 cm³/mol. The number of H-pyrrole nitrogens is 1. The Hall–Kier alpha value is -3.75. The third kappa shape index (κ3) is 3.83. The van der Waals surface area contributed by atoms with Crippen molar-refractivity contribution in [1.82, 2.24) is 24.8 Å². The molecule has 0 aliphatic carbocycles. The molecule has 1 aromatic carbocycles. The summed E-state index contributed by atoms with van der Waals surface area (Å²) in [4.78, 5) is 29.2. The Morgan fingerprint density at radius 3 is 2.42 bits per heavy atom. The second kappa shape index (κ2) is 9.04. The highest BCUT2D eigenvalue weighted by atomic mass is 16.5. The maximum atomic E-state index is 13.1. The van der Waals surface area contributed by atoms with Gasteiger partial charge in [0.2, 0.25) is 5.91 Å². The maximum absolute atomic E-state index is 13.1. The van der Waals surface area contributed by atoms with Crippen molar-refractivity contribution >= 4 is 16.8 Å². The summed E-state index contributed by atoms with van der Waals surface area (Å²) in [6.45, 7) is 2.74. The van der Waals surface area contributed by atoms with Gasteiger partial charge in [-0.05, 0) is 53.1 Å². The van der Waals surface area contributed by atoms with E-state index in [1.54, 1.807) is 31.9 Å². The van der Waals surface area contributed by atoms with E-state index in [0.29, 0.717) is 26.1 Å². The number of pyridine rings is 2. The van der Waals surface area contributed by atoms with E-state index >= 15 is 0 Å². The van der Waals surface area contributed by atoms with Gasteiger partial charge in [0.25, 0.3) is 0 Å². The minimum Gasteiger partial charge on any atom is -0.497 e. The fourth-order valence-corrected chi connectivity index (χ4v) is 5.91. The van der Waals surface area contributed by atoms with E-state index in [0.717, 1.165) is 40.0 Å². The number of aliphatic hydroxyl groups excluding tert-OH is 1. The summed E-state index contributed by atoms with van der Waals surface area (Å²) in [5.41, 5.74) is 5.14. The molecule has 8 nitrogen and oxygen atoms in total. The van der Waals surface area contributed by atoms with Crippen molar-refractivity contribution < 1.29 is 14.6 Å². The fourth-order valence-electron chi connectivity index (χ4n) is 5.91. The first kappa shape index (κ1) is 22.7. The molecular weight excluding hydrogens is 454 g/mol. The lowest BCUT2D eigenvalue weighted by Gasteiger charge is -2.56. The summed E-state index contributed by atoms with van der Waals surface area (Å²) in [6.07, 6.45) is 7.41. The van der Waals surface area contributed by atoms with E-state index in [9.17, 15) is 9.90 Å². The van der Waals surface area contributed by atoms with Crippen LogP contribution in [0.4, 0.5) is 0 Å². The zero-order valence-corrected chi connectivity index (χ0v) is 20.2. The number of aliphatic hydroxyl groups is 1. The van der Waals surface area contributed by atoms with Crippen molar-refractivity contribution in [2.45, 2.75) is 24.4 Å². The molecule has 0 radical (unpaired) electrons. The Kier molecular flexibility index (Phi) is 5.70. The molecule has 8 heteroatoms. The lowest BCUT2D eigenvalue weighted by atomic mass is 9.68. The predicted octanol–water partition coefficient (Wildman–Crippen LogP) is 2.84. The van der Waals surface area contributed by atoms with E-state index in [-0.39, 0.29) is 24.0 Å². The van der Waals surface area contributed by atoms with Crippen LogP contribution in [0.5, 0.6) is 5.75 Å². The Bertz CT molecular complexity index is 1380. The number of carbonyl (C=O) groups excluding carboxylic acids is 1. The molecule has 2 N–H and O–H groups in total. The van der Waals surface area contributed by atoms with Crippen LogP contribution in [0.1, 0.15) is 28.4 Å². The number of aromatic amines is 1. The van der Waals surface area contributed by atoms with Crippen molar-refractivity contribution in [3.05, 3.63) is 89.6 Å². The third-order valence-corrected chi connectivity index (χ3v) is 7.60. The van der Waals surface area contributed by atoms with Gasteiger partial charge in [-0.15, -0.1) is 0 Å². The normalized spacial score (nSPS) is 18.7. The largest absolute Gasteiger partial charge is 0.497 e. The SMILES string of the molecule is COc1ccc2c3c([nH]c2c1)[C@@H](CO)N(Cc1ccncc1)CC31CN(C(=O)Cc2ccncc2)C1. The van der Waals surface area contributed by atoms with Crippen LogP contribution in [0.3, 0.4) is 0 Å². The van der Waals surface area contributed by atoms with Gasteiger partial charge in [-0.25, -0.2) is 0 Å². The number of nitrogens with zero attached hydrogens (tertiary/aromatic N) is 4. The van der Waals surface area contributed by atoms with E-state index in [4.69, 9.17) is 4.74 Å². The second-order valence-electron chi connectivity index (χ2n) is 9.85. The first-order valence-electron chi connectivity index (χ1n) is 12.2. The zero-order valence-electron chi connectivity index (χ0n) is 20.2. The van der Waals surface area contributed by atoms with Gasteiger partial charge in [-0.3, -0.25) is 19.7 Å². The van der Waals surface area contributed by atoms with Gasteiger partial charge < -0.3 is 19.7 Å². The van der Waals surface area contributed by atoms with Crippen molar-refractivity contribution in [1.29, 1.82) is 0 Å². The number of ether oxygens (including phenoxy) is 1. The first-order chi connectivity index (χ1) is 17.6. The molecule has 4 aromatic rings. The number of amides is 1. The van der Waals surface area contributed by atoms with Crippen LogP contribution in [0.15, 0.2) is 67.3 Å². The minimum atomic E-state index is -0.214. The van der Waals surface area contributed by atoms with Crippen molar-refractivity contribution in [2.75, 3.05) is 33.4 Å². The molecule has 184 valence electrons. The smallest absolute Gasteiger partial charge is 0.227 e. The molecule has 1 amide bonds. The van der Waals surface area contributed by atoms with Crippen LogP contribution in [0, 0.1) is 0 Å². The lowest BCUT2D eigenvalue weighted by molar-refractivity contribution is -0.140. The minimum absolute atomic E-state index is 0.00279. The molecule has 5 heterocycles. The average Bonchev–Trinajstić information content (AvgIpc) is 3.27. The van der Waals surface area contributed by atoms with Gasteiger partial charge in [0, 0.05) is 79.0 Å². The summed E-state index contributed by atoms with van der Waals surface area (Å²) in [7, 11) is 1.66. The highest BCUT2D eigenvalue weighted by Gasteiger charge is 2.53. The van der Waals surface area contributed by atoms with Gasteiger partial charge >= 0.3 is 0 Å². The van der Waals surface area contributed by atoms with Gasteiger partial charge in [0.15, 0.2) is 0 Å². The number of methoxy groups -OCH3 is 1. The fraction of sp³-hybridized carbons (Fsp3) is 0.321.